The molecule has 1 fully saturated rings. The second-order valence-electron chi connectivity index (χ2n) is 11.1. The van der Waals surface area contributed by atoms with Crippen molar-refractivity contribution in [3.63, 3.8) is 0 Å². The number of rotatable bonds is 11. The van der Waals surface area contributed by atoms with Gasteiger partial charge in [-0.15, -0.1) is 0 Å². The van der Waals surface area contributed by atoms with Gasteiger partial charge in [0.2, 0.25) is 5.91 Å². The summed E-state index contributed by atoms with van der Waals surface area (Å²) in [6.45, 7) is 5.14. The molecule has 0 saturated carbocycles. The number of hydrogen-bond donors (Lipinski definition) is 1. The average molecular weight is 625 g/mol. The van der Waals surface area contributed by atoms with Crippen molar-refractivity contribution >= 4 is 23.9 Å². The van der Waals surface area contributed by atoms with Gasteiger partial charge >= 0.3 is 6.18 Å². The number of aldehydes is 1. The molecule has 3 aromatic rings. The quantitative estimate of drug-likeness (QED) is 0.322. The van der Waals surface area contributed by atoms with Crippen LogP contribution in [0.25, 0.3) is 0 Å². The number of nitrogens with one attached hydrogen (secondary N) is 1. The number of aromatic nitrogens is 2. The summed E-state index contributed by atoms with van der Waals surface area (Å²) in [5.74, 6) is 0.377. The van der Waals surface area contributed by atoms with E-state index >= 15 is 0 Å². The molecule has 45 heavy (non-hydrogen) atoms. The Kier molecular flexibility index (Phi) is 9.66. The van der Waals surface area contributed by atoms with Crippen molar-refractivity contribution in [2.24, 2.45) is 0 Å². The van der Waals surface area contributed by atoms with E-state index in [1.54, 1.807) is 18.2 Å². The van der Waals surface area contributed by atoms with E-state index in [1.807, 2.05) is 29.2 Å². The third-order valence-electron chi connectivity index (χ3n) is 8.07. The van der Waals surface area contributed by atoms with E-state index in [4.69, 9.17) is 4.74 Å². The summed E-state index contributed by atoms with van der Waals surface area (Å²) in [5, 5.41) is 2.58. The molecule has 238 valence electrons. The van der Waals surface area contributed by atoms with Crippen LogP contribution < -0.4 is 15.0 Å². The highest BCUT2D eigenvalue weighted by atomic mass is 19.4. The number of aryl methyl sites for hydroxylation is 1. The van der Waals surface area contributed by atoms with Crippen LogP contribution in [0.1, 0.15) is 51.4 Å². The normalized spacial score (nSPS) is 16.0. The number of alkyl halides is 3. The van der Waals surface area contributed by atoms with Gasteiger partial charge in [0.05, 0.1) is 6.54 Å². The van der Waals surface area contributed by atoms with Crippen molar-refractivity contribution in [3.8, 4) is 5.75 Å². The van der Waals surface area contributed by atoms with Crippen molar-refractivity contribution < 1.29 is 32.3 Å². The number of nitrogens with zero attached hydrogens (tertiary/aromatic N) is 5. The summed E-state index contributed by atoms with van der Waals surface area (Å²) in [4.78, 5) is 49.9. The Hall–Kier alpha value is -4.52. The molecule has 10 nitrogen and oxygen atoms in total. The highest BCUT2D eigenvalue weighted by molar-refractivity contribution is 6.01. The van der Waals surface area contributed by atoms with Gasteiger partial charge in [-0.05, 0) is 36.6 Å². The average Bonchev–Trinajstić information content (AvgIpc) is 3.36. The minimum atomic E-state index is -4.52. The predicted octanol–water partition coefficient (Wildman–Crippen LogP) is 3.75. The molecule has 0 radical (unpaired) electrons. The molecule has 1 unspecified atom stereocenters. The number of fused-ring (bicyclic) bond motifs is 1. The van der Waals surface area contributed by atoms with E-state index < -0.39 is 17.9 Å². The molecule has 5 rings (SSSR count). The molecule has 0 bridgehead atoms. The molecule has 13 heteroatoms. The Morgan fingerprint density at radius 3 is 2.44 bits per heavy atom. The zero-order valence-electron chi connectivity index (χ0n) is 25.1. The first-order valence-electron chi connectivity index (χ1n) is 14.8. The third kappa shape index (κ3) is 7.42. The van der Waals surface area contributed by atoms with Gasteiger partial charge in [0.1, 0.15) is 42.0 Å². The Balaban J connectivity index is 1.15. The van der Waals surface area contributed by atoms with Crippen LogP contribution in [0.15, 0.2) is 48.5 Å². The molecule has 2 amide bonds. The van der Waals surface area contributed by atoms with Crippen LogP contribution in [-0.2, 0) is 35.5 Å². The summed E-state index contributed by atoms with van der Waals surface area (Å²) in [6.07, 6.45) is -3.36. The van der Waals surface area contributed by atoms with Gasteiger partial charge in [0.25, 0.3) is 5.91 Å². The molecule has 1 N–H and O–H groups in total. The van der Waals surface area contributed by atoms with Crippen LogP contribution in [0.3, 0.4) is 0 Å². The lowest BCUT2D eigenvalue weighted by Crippen LogP contribution is -2.46. The minimum Gasteiger partial charge on any atom is -0.489 e. The summed E-state index contributed by atoms with van der Waals surface area (Å²) in [5.41, 5.74) is 2.31. The van der Waals surface area contributed by atoms with Crippen LogP contribution in [0.5, 0.6) is 5.75 Å². The van der Waals surface area contributed by atoms with E-state index in [2.05, 4.69) is 20.2 Å². The van der Waals surface area contributed by atoms with Gasteiger partial charge < -0.3 is 24.6 Å². The summed E-state index contributed by atoms with van der Waals surface area (Å²) >= 11 is 0. The van der Waals surface area contributed by atoms with Crippen LogP contribution in [0, 0.1) is 6.92 Å². The molecule has 1 saturated heterocycles. The van der Waals surface area contributed by atoms with Gasteiger partial charge in [-0.1, -0.05) is 30.3 Å². The monoisotopic (exact) mass is 624 g/mol. The highest BCUT2D eigenvalue weighted by Gasteiger charge is 2.37. The molecule has 1 aromatic heterocycles. The van der Waals surface area contributed by atoms with Crippen molar-refractivity contribution in [1.82, 2.24) is 25.1 Å². The fraction of sp³-hybridized carbons (Fsp3) is 0.406. The van der Waals surface area contributed by atoms with Gasteiger partial charge in [0, 0.05) is 63.4 Å². The number of ether oxygens (including phenoxy) is 1. The van der Waals surface area contributed by atoms with Crippen LogP contribution in [-0.4, -0.2) is 77.1 Å². The number of halogens is 3. The zero-order valence-corrected chi connectivity index (χ0v) is 25.1. The first-order valence-corrected chi connectivity index (χ1v) is 14.8. The fourth-order valence-corrected chi connectivity index (χ4v) is 5.69. The number of carbonyl (C=O) groups excluding carboxylic acids is 3. The Morgan fingerprint density at radius 2 is 1.78 bits per heavy atom. The molecular formula is C32H35F3N6O4. The van der Waals surface area contributed by atoms with E-state index in [-0.39, 0.29) is 43.6 Å². The first-order chi connectivity index (χ1) is 21.6. The smallest absolute Gasteiger partial charge is 0.433 e. The van der Waals surface area contributed by atoms with E-state index in [0.29, 0.717) is 55.4 Å². The fourth-order valence-electron chi connectivity index (χ4n) is 5.69. The number of benzene rings is 2. The van der Waals surface area contributed by atoms with Gasteiger partial charge in [-0.3, -0.25) is 14.5 Å². The van der Waals surface area contributed by atoms with Gasteiger partial charge in [-0.25, -0.2) is 9.97 Å². The van der Waals surface area contributed by atoms with Gasteiger partial charge in [-0.2, -0.15) is 13.2 Å². The lowest BCUT2D eigenvalue weighted by atomic mass is 10.1. The SMILES string of the molecule is CNC(=O)C(CCC=O)N1Cc2c(OCc3ccc(CN4CCN(c5cc(C(F)(F)F)nc(C)n5)CC4)cc3)cccc2C1=O. The first kappa shape index (κ1) is 31.9. The van der Waals surface area contributed by atoms with E-state index in [0.717, 1.165) is 23.5 Å². The maximum atomic E-state index is 13.2. The standard InChI is InChI=1S/C32H35F3N6O4/c1-21-37-28(32(33,34)35)17-29(38-21)40-14-12-39(13-15-40)18-22-8-10-23(11-9-22)20-45-27-7-3-5-24-25(27)19-41(31(24)44)26(6-4-16-42)30(43)36-2/h3,5,7-11,16-17,26H,4,6,12-15,18-20H2,1-2H3,(H,36,43). The van der Waals surface area contributed by atoms with Crippen molar-refractivity contribution in [2.75, 3.05) is 38.1 Å². The Labute approximate surface area is 259 Å². The second-order valence-corrected chi connectivity index (χ2v) is 11.1. The predicted molar refractivity (Wildman–Crippen MR) is 160 cm³/mol. The Morgan fingerprint density at radius 1 is 1.07 bits per heavy atom. The molecular weight excluding hydrogens is 589 g/mol. The second kappa shape index (κ2) is 13.6. The van der Waals surface area contributed by atoms with Crippen molar-refractivity contribution in [3.05, 3.63) is 82.3 Å². The molecule has 2 aliphatic heterocycles. The molecule has 1 atom stereocenters. The van der Waals surface area contributed by atoms with Crippen molar-refractivity contribution in [1.29, 1.82) is 0 Å². The number of likely N-dealkylation sites (N-methyl/N-ethyl adjacent to an activating group) is 1. The summed E-state index contributed by atoms with van der Waals surface area (Å²) in [6, 6.07) is 13.5. The van der Waals surface area contributed by atoms with Crippen molar-refractivity contribution in [2.45, 2.75) is 51.7 Å². The van der Waals surface area contributed by atoms with Crippen LogP contribution in [0.4, 0.5) is 19.0 Å². The molecule has 2 aromatic carbocycles. The number of amides is 2. The lowest BCUT2D eigenvalue weighted by Gasteiger charge is -2.35. The highest BCUT2D eigenvalue weighted by Crippen LogP contribution is 2.34. The Bertz CT molecular complexity index is 1540. The maximum Gasteiger partial charge on any atom is 0.433 e. The summed E-state index contributed by atoms with van der Waals surface area (Å²) < 4.78 is 45.7. The molecule has 0 spiro atoms. The number of anilines is 1. The number of piperazine rings is 1. The minimum absolute atomic E-state index is 0.0965. The lowest BCUT2D eigenvalue weighted by molar-refractivity contribution is -0.141. The molecule has 0 aliphatic carbocycles. The van der Waals surface area contributed by atoms with Crippen LogP contribution in [0.2, 0.25) is 0 Å². The molecule has 3 heterocycles. The zero-order chi connectivity index (χ0) is 32.1. The largest absolute Gasteiger partial charge is 0.489 e. The van der Waals surface area contributed by atoms with E-state index in [1.165, 1.54) is 18.9 Å². The van der Waals surface area contributed by atoms with Crippen LogP contribution >= 0.6 is 0 Å². The number of carbonyl (C=O) groups is 3. The topological polar surface area (TPSA) is 108 Å². The van der Waals surface area contributed by atoms with E-state index in [9.17, 15) is 27.6 Å². The number of hydrogen-bond acceptors (Lipinski definition) is 8. The van der Waals surface area contributed by atoms with Gasteiger partial charge in [0.15, 0.2) is 0 Å². The maximum absolute atomic E-state index is 13.2. The summed E-state index contributed by atoms with van der Waals surface area (Å²) in [7, 11) is 1.50. The molecule has 2 aliphatic rings. The third-order valence-corrected chi connectivity index (χ3v) is 8.07.